The average Bonchev–Trinajstić information content (AvgIpc) is 2.60. The zero-order valence-electron chi connectivity index (χ0n) is 13.5. The van der Waals surface area contributed by atoms with E-state index in [1.54, 1.807) is 18.2 Å². The van der Waals surface area contributed by atoms with Crippen molar-refractivity contribution < 1.29 is 18.9 Å². The van der Waals surface area contributed by atoms with Crippen LogP contribution >= 0.6 is 0 Å². The van der Waals surface area contributed by atoms with Gasteiger partial charge in [-0.2, -0.15) is 0 Å². The molecule has 3 aromatic rings. The summed E-state index contributed by atoms with van der Waals surface area (Å²) < 4.78 is 10.0. The normalized spacial score (nSPS) is 11.0. The Kier molecular flexibility index (Phi) is 4.57. The Morgan fingerprint density at radius 1 is 1.23 bits per heavy atom. The number of hydrogen-bond acceptors (Lipinski definition) is 7. The van der Waals surface area contributed by atoms with Crippen molar-refractivity contribution in [3.8, 4) is 5.75 Å². The maximum absolute atomic E-state index is 12.1. The van der Waals surface area contributed by atoms with Gasteiger partial charge in [0.05, 0.1) is 15.8 Å². The van der Waals surface area contributed by atoms with Gasteiger partial charge in [0, 0.05) is 25.1 Å². The Hall–Kier alpha value is -3.81. The quantitative estimate of drug-likeness (QED) is 0.307. The van der Waals surface area contributed by atoms with Crippen molar-refractivity contribution in [3.05, 3.63) is 74.5 Å². The second-order valence-corrected chi connectivity index (χ2v) is 5.30. The van der Waals surface area contributed by atoms with Gasteiger partial charge in [0.1, 0.15) is 5.75 Å². The summed E-state index contributed by atoms with van der Waals surface area (Å²) in [7, 11) is 0. The molecule has 0 amide bonds. The molecule has 0 bridgehead atoms. The van der Waals surface area contributed by atoms with Crippen LogP contribution in [0.1, 0.15) is 18.4 Å². The van der Waals surface area contributed by atoms with Gasteiger partial charge >= 0.3 is 11.6 Å². The molecule has 0 aliphatic carbocycles. The molecule has 8 heteroatoms. The first kappa shape index (κ1) is 17.0. The number of hydrogen-bond donors (Lipinski definition) is 0. The first-order valence-corrected chi connectivity index (χ1v) is 7.48. The van der Waals surface area contributed by atoms with Gasteiger partial charge in [-0.05, 0) is 29.8 Å². The maximum atomic E-state index is 12.1. The molecule has 1 aromatic heterocycles. The number of ether oxygens (including phenoxy) is 1. The minimum Gasteiger partial charge on any atom is -0.427 e. The van der Waals surface area contributed by atoms with E-state index in [-0.39, 0.29) is 22.7 Å². The van der Waals surface area contributed by atoms with Crippen LogP contribution in [0.2, 0.25) is 0 Å². The van der Waals surface area contributed by atoms with E-state index in [0.29, 0.717) is 11.1 Å². The molecule has 8 nitrogen and oxygen atoms in total. The van der Waals surface area contributed by atoms with Gasteiger partial charge in [-0.25, -0.2) is 9.78 Å². The standard InChI is InChI=1S/C18H12N2O6/c1-11(21)25-14-6-7-16-15(10-14)18(22)26-17(19-16)8-5-12-3-2-4-13(9-12)20(23)24/h2-10H,1H3. The lowest BCUT2D eigenvalue weighted by Crippen LogP contribution is -2.05. The molecule has 26 heavy (non-hydrogen) atoms. The number of fused-ring (bicyclic) bond motifs is 1. The summed E-state index contributed by atoms with van der Waals surface area (Å²) in [5, 5.41) is 11.0. The largest absolute Gasteiger partial charge is 0.427 e. The number of nitrogens with zero attached hydrogens (tertiary/aromatic N) is 2. The number of carbonyl (C=O) groups excluding carboxylic acids is 1. The van der Waals surface area contributed by atoms with E-state index >= 15 is 0 Å². The number of rotatable bonds is 4. The molecule has 0 aliphatic rings. The van der Waals surface area contributed by atoms with Crippen LogP contribution in [0.15, 0.2) is 51.7 Å². The van der Waals surface area contributed by atoms with E-state index in [2.05, 4.69) is 4.98 Å². The van der Waals surface area contributed by atoms with E-state index in [0.717, 1.165) is 0 Å². The Bertz CT molecular complexity index is 1100. The van der Waals surface area contributed by atoms with Crippen LogP contribution in [0, 0.1) is 10.1 Å². The molecule has 0 atom stereocenters. The van der Waals surface area contributed by atoms with E-state index in [1.165, 1.54) is 43.3 Å². The van der Waals surface area contributed by atoms with Gasteiger partial charge in [-0.3, -0.25) is 14.9 Å². The summed E-state index contributed by atoms with van der Waals surface area (Å²) >= 11 is 0. The van der Waals surface area contributed by atoms with E-state index in [4.69, 9.17) is 9.15 Å². The third kappa shape index (κ3) is 3.81. The highest BCUT2D eigenvalue weighted by Gasteiger charge is 2.08. The van der Waals surface area contributed by atoms with Gasteiger partial charge in [0.15, 0.2) is 0 Å². The highest BCUT2D eigenvalue weighted by atomic mass is 16.6. The van der Waals surface area contributed by atoms with Gasteiger partial charge in [0.2, 0.25) is 5.89 Å². The second kappa shape index (κ2) is 6.98. The summed E-state index contributed by atoms with van der Waals surface area (Å²) in [6, 6.07) is 10.4. The predicted molar refractivity (Wildman–Crippen MR) is 93.6 cm³/mol. The van der Waals surface area contributed by atoms with E-state index < -0.39 is 16.5 Å². The average molecular weight is 352 g/mol. The molecular formula is C18H12N2O6. The number of aromatic nitrogens is 1. The Balaban J connectivity index is 1.94. The zero-order chi connectivity index (χ0) is 18.7. The summed E-state index contributed by atoms with van der Waals surface area (Å²) in [6.45, 7) is 1.26. The number of nitro benzene ring substituents is 1. The van der Waals surface area contributed by atoms with Crippen molar-refractivity contribution in [1.29, 1.82) is 0 Å². The molecule has 0 fully saturated rings. The molecule has 0 aliphatic heterocycles. The smallest absolute Gasteiger partial charge is 0.347 e. The van der Waals surface area contributed by atoms with Crippen molar-refractivity contribution >= 4 is 34.7 Å². The molecule has 3 rings (SSSR count). The van der Waals surface area contributed by atoms with Crippen molar-refractivity contribution in [3.63, 3.8) is 0 Å². The van der Waals surface area contributed by atoms with E-state index in [1.807, 2.05) is 0 Å². The van der Waals surface area contributed by atoms with Gasteiger partial charge in [-0.1, -0.05) is 12.1 Å². The second-order valence-electron chi connectivity index (χ2n) is 5.30. The summed E-state index contributed by atoms with van der Waals surface area (Å²) in [4.78, 5) is 37.6. The van der Waals surface area contributed by atoms with Gasteiger partial charge < -0.3 is 9.15 Å². The van der Waals surface area contributed by atoms with E-state index in [9.17, 15) is 19.7 Å². The number of esters is 1. The minimum atomic E-state index is -0.636. The Labute approximate surface area is 146 Å². The third-order valence-electron chi connectivity index (χ3n) is 3.38. The fourth-order valence-electron chi connectivity index (χ4n) is 2.28. The molecule has 0 unspecified atom stereocenters. The molecular weight excluding hydrogens is 340 g/mol. The number of carbonyl (C=O) groups is 1. The fourth-order valence-corrected chi connectivity index (χ4v) is 2.28. The highest BCUT2D eigenvalue weighted by molar-refractivity contribution is 5.81. The molecule has 0 radical (unpaired) electrons. The number of non-ortho nitro benzene ring substituents is 1. The summed E-state index contributed by atoms with van der Waals surface area (Å²) in [6.07, 6.45) is 3.00. The zero-order valence-corrected chi connectivity index (χ0v) is 13.5. The van der Waals surface area contributed by atoms with Crippen LogP contribution in [0.3, 0.4) is 0 Å². The lowest BCUT2D eigenvalue weighted by Gasteiger charge is -2.02. The number of benzene rings is 2. The first-order chi connectivity index (χ1) is 12.4. The monoisotopic (exact) mass is 352 g/mol. The van der Waals surface area contributed by atoms with Crippen molar-refractivity contribution in [2.75, 3.05) is 0 Å². The third-order valence-corrected chi connectivity index (χ3v) is 3.38. The highest BCUT2D eigenvalue weighted by Crippen LogP contribution is 2.19. The van der Waals surface area contributed by atoms with Crippen molar-refractivity contribution in [2.24, 2.45) is 0 Å². The predicted octanol–water partition coefficient (Wildman–Crippen LogP) is 3.19. The molecule has 1 heterocycles. The van der Waals surface area contributed by atoms with Crippen LogP contribution in [0.25, 0.3) is 23.1 Å². The molecule has 0 spiro atoms. The fraction of sp³-hybridized carbons (Fsp3) is 0.0556. The lowest BCUT2D eigenvalue weighted by molar-refractivity contribution is -0.384. The summed E-state index contributed by atoms with van der Waals surface area (Å²) in [5.41, 5.74) is 0.255. The minimum absolute atomic E-state index is 0.0434. The SMILES string of the molecule is CC(=O)Oc1ccc2nc(C=Cc3cccc([N+](=O)[O-])c3)oc(=O)c2c1. The first-order valence-electron chi connectivity index (χ1n) is 7.48. The van der Waals surface area contributed by atoms with Gasteiger partial charge in [0.25, 0.3) is 5.69 Å². The number of nitro groups is 1. The van der Waals surface area contributed by atoms with Crippen molar-refractivity contribution in [2.45, 2.75) is 6.92 Å². The van der Waals surface area contributed by atoms with Crippen LogP contribution in [-0.2, 0) is 4.79 Å². The molecule has 0 saturated carbocycles. The molecule has 2 aromatic carbocycles. The van der Waals surface area contributed by atoms with Crippen LogP contribution < -0.4 is 10.4 Å². The van der Waals surface area contributed by atoms with Crippen LogP contribution in [0.5, 0.6) is 5.75 Å². The van der Waals surface area contributed by atoms with Crippen LogP contribution in [-0.4, -0.2) is 15.9 Å². The Morgan fingerprint density at radius 2 is 2.04 bits per heavy atom. The summed E-state index contributed by atoms with van der Waals surface area (Å²) in [5.74, 6) is -0.230. The van der Waals surface area contributed by atoms with Crippen LogP contribution in [0.4, 0.5) is 5.69 Å². The Morgan fingerprint density at radius 3 is 2.77 bits per heavy atom. The molecule has 0 N–H and O–H groups in total. The lowest BCUT2D eigenvalue weighted by atomic mass is 10.2. The molecule has 130 valence electrons. The van der Waals surface area contributed by atoms with Crippen molar-refractivity contribution in [1.82, 2.24) is 4.98 Å². The topological polar surface area (TPSA) is 113 Å². The maximum Gasteiger partial charge on any atom is 0.347 e. The molecule has 0 saturated heterocycles. The van der Waals surface area contributed by atoms with Gasteiger partial charge in [-0.15, -0.1) is 0 Å².